The van der Waals surface area contributed by atoms with Crippen LogP contribution in [0.2, 0.25) is 0 Å². The maximum atomic E-state index is 5.70. The quantitative estimate of drug-likeness (QED) is 0.603. The van der Waals surface area contributed by atoms with E-state index in [1.54, 1.807) is 0 Å². The zero-order valence-electron chi connectivity index (χ0n) is 7.39. The average molecular weight is 158 g/mol. The highest BCUT2D eigenvalue weighted by atomic mass is 16.5. The number of rotatable bonds is 4. The summed E-state index contributed by atoms with van der Waals surface area (Å²) in [5.74, 6) is 0. The van der Waals surface area contributed by atoms with Crippen LogP contribution in [0.4, 0.5) is 0 Å². The minimum Gasteiger partial charge on any atom is -0.380 e. The maximum Gasteiger partial charge on any atom is 0.0572 e. The van der Waals surface area contributed by atoms with Crippen LogP contribution in [0, 0.1) is 5.41 Å². The molecule has 1 aliphatic heterocycles. The molecular formula is C8H18N2O. The molecule has 0 bridgehead atoms. The van der Waals surface area contributed by atoms with E-state index in [0.29, 0.717) is 6.04 Å². The fourth-order valence-electron chi connectivity index (χ4n) is 1.77. The lowest BCUT2D eigenvalue weighted by atomic mass is 9.77. The lowest BCUT2D eigenvalue weighted by Crippen LogP contribution is -2.59. The molecule has 1 atom stereocenters. The third kappa shape index (κ3) is 1.41. The summed E-state index contributed by atoms with van der Waals surface area (Å²) in [6.07, 6.45) is 1.12. The number of nitrogens with one attached hydrogen (secondary N) is 1. The second-order valence-electron chi connectivity index (χ2n) is 3.31. The lowest BCUT2D eigenvalue weighted by Gasteiger charge is -2.46. The van der Waals surface area contributed by atoms with Crippen molar-refractivity contribution < 1.29 is 4.74 Å². The van der Waals surface area contributed by atoms with Crippen LogP contribution in [0.3, 0.4) is 0 Å². The zero-order chi connectivity index (χ0) is 8.32. The Morgan fingerprint density at radius 2 is 2.27 bits per heavy atom. The summed E-state index contributed by atoms with van der Waals surface area (Å²) >= 11 is 0. The molecule has 3 heteroatoms. The van der Waals surface area contributed by atoms with E-state index in [0.717, 1.165) is 26.2 Å². The second-order valence-corrected chi connectivity index (χ2v) is 3.31. The minimum atomic E-state index is 0.226. The Morgan fingerprint density at radius 1 is 1.64 bits per heavy atom. The van der Waals surface area contributed by atoms with E-state index in [1.807, 2.05) is 7.05 Å². The van der Waals surface area contributed by atoms with Crippen LogP contribution in [-0.4, -0.2) is 32.8 Å². The summed E-state index contributed by atoms with van der Waals surface area (Å²) in [6, 6.07) is 0.515. The van der Waals surface area contributed by atoms with Gasteiger partial charge in [0.1, 0.15) is 0 Å². The Morgan fingerprint density at radius 3 is 2.36 bits per heavy atom. The Labute approximate surface area is 68.3 Å². The predicted molar refractivity (Wildman–Crippen MR) is 45.4 cm³/mol. The highest BCUT2D eigenvalue weighted by Gasteiger charge is 2.42. The minimum absolute atomic E-state index is 0.226. The van der Waals surface area contributed by atoms with Gasteiger partial charge in [0.25, 0.3) is 0 Å². The van der Waals surface area contributed by atoms with Crippen molar-refractivity contribution in [3.63, 3.8) is 0 Å². The van der Waals surface area contributed by atoms with Crippen molar-refractivity contribution in [2.24, 2.45) is 11.1 Å². The molecular weight excluding hydrogens is 140 g/mol. The molecule has 0 aliphatic carbocycles. The van der Waals surface area contributed by atoms with Crippen molar-refractivity contribution in [1.82, 2.24) is 5.32 Å². The van der Waals surface area contributed by atoms with E-state index >= 15 is 0 Å². The van der Waals surface area contributed by atoms with Gasteiger partial charge in [0.2, 0.25) is 0 Å². The third-order valence-electron chi connectivity index (χ3n) is 2.68. The smallest absolute Gasteiger partial charge is 0.0572 e. The molecule has 0 radical (unpaired) electrons. The highest BCUT2D eigenvalue weighted by molar-refractivity contribution is 4.95. The van der Waals surface area contributed by atoms with Crippen LogP contribution in [0.5, 0.6) is 0 Å². The average Bonchev–Trinajstić information content (AvgIpc) is 1.96. The van der Waals surface area contributed by atoms with Gasteiger partial charge in [0.15, 0.2) is 0 Å². The van der Waals surface area contributed by atoms with Crippen LogP contribution in [0.15, 0.2) is 0 Å². The van der Waals surface area contributed by atoms with Crippen molar-refractivity contribution in [1.29, 1.82) is 0 Å². The Kier molecular flexibility index (Phi) is 2.87. The van der Waals surface area contributed by atoms with Crippen molar-refractivity contribution in [2.75, 3.05) is 26.8 Å². The standard InChI is InChI=1S/C8H18N2O/c1-3-7(10-2)8(4-9)5-11-6-8/h7,10H,3-6,9H2,1-2H3. The molecule has 1 saturated heterocycles. The van der Waals surface area contributed by atoms with E-state index in [-0.39, 0.29) is 5.41 Å². The van der Waals surface area contributed by atoms with Crippen molar-refractivity contribution in [3.05, 3.63) is 0 Å². The molecule has 0 spiro atoms. The van der Waals surface area contributed by atoms with Gasteiger partial charge in [-0.1, -0.05) is 6.92 Å². The van der Waals surface area contributed by atoms with Gasteiger partial charge in [0, 0.05) is 18.0 Å². The molecule has 66 valence electrons. The first-order chi connectivity index (χ1) is 5.29. The number of hydrogen-bond donors (Lipinski definition) is 2. The largest absolute Gasteiger partial charge is 0.380 e. The normalized spacial score (nSPS) is 24.3. The molecule has 3 N–H and O–H groups in total. The van der Waals surface area contributed by atoms with E-state index in [2.05, 4.69) is 12.2 Å². The van der Waals surface area contributed by atoms with Crippen LogP contribution >= 0.6 is 0 Å². The van der Waals surface area contributed by atoms with Crippen molar-refractivity contribution in [3.8, 4) is 0 Å². The molecule has 0 aromatic heterocycles. The van der Waals surface area contributed by atoms with Gasteiger partial charge in [-0.15, -0.1) is 0 Å². The van der Waals surface area contributed by atoms with Crippen molar-refractivity contribution >= 4 is 0 Å². The highest BCUT2D eigenvalue weighted by Crippen LogP contribution is 2.31. The number of hydrogen-bond acceptors (Lipinski definition) is 3. The molecule has 1 aliphatic rings. The molecule has 11 heavy (non-hydrogen) atoms. The van der Waals surface area contributed by atoms with Gasteiger partial charge in [-0.05, 0) is 13.5 Å². The van der Waals surface area contributed by atoms with Gasteiger partial charge in [0.05, 0.1) is 13.2 Å². The SMILES string of the molecule is CCC(NC)C1(CN)COC1. The summed E-state index contributed by atoms with van der Waals surface area (Å²) in [5.41, 5.74) is 5.93. The first-order valence-corrected chi connectivity index (χ1v) is 4.24. The Bertz CT molecular complexity index is 114. The summed E-state index contributed by atoms with van der Waals surface area (Å²) in [7, 11) is 1.99. The van der Waals surface area contributed by atoms with Gasteiger partial charge >= 0.3 is 0 Å². The maximum absolute atomic E-state index is 5.70. The second kappa shape index (κ2) is 3.52. The third-order valence-corrected chi connectivity index (χ3v) is 2.68. The number of nitrogens with two attached hydrogens (primary N) is 1. The van der Waals surface area contributed by atoms with Crippen LogP contribution in [0.25, 0.3) is 0 Å². The monoisotopic (exact) mass is 158 g/mol. The zero-order valence-corrected chi connectivity index (χ0v) is 7.39. The fraction of sp³-hybridized carbons (Fsp3) is 1.00. The number of ether oxygens (including phenoxy) is 1. The fourth-order valence-corrected chi connectivity index (χ4v) is 1.77. The summed E-state index contributed by atoms with van der Waals surface area (Å²) < 4.78 is 5.19. The van der Waals surface area contributed by atoms with Gasteiger partial charge in [-0.3, -0.25) is 0 Å². The van der Waals surface area contributed by atoms with Crippen molar-refractivity contribution in [2.45, 2.75) is 19.4 Å². The molecule has 1 heterocycles. The molecule has 1 fully saturated rings. The van der Waals surface area contributed by atoms with Gasteiger partial charge in [-0.25, -0.2) is 0 Å². The molecule has 0 aromatic carbocycles. The summed E-state index contributed by atoms with van der Waals surface area (Å²) in [4.78, 5) is 0. The van der Waals surface area contributed by atoms with E-state index in [4.69, 9.17) is 10.5 Å². The Hall–Kier alpha value is -0.120. The van der Waals surface area contributed by atoms with Gasteiger partial charge in [-0.2, -0.15) is 0 Å². The van der Waals surface area contributed by atoms with E-state index in [9.17, 15) is 0 Å². The first kappa shape index (κ1) is 8.97. The predicted octanol–water partition coefficient (Wildman–Crippen LogP) is -0.0403. The molecule has 1 unspecified atom stereocenters. The first-order valence-electron chi connectivity index (χ1n) is 4.24. The van der Waals surface area contributed by atoms with Gasteiger partial charge < -0.3 is 15.8 Å². The molecule has 0 aromatic rings. The summed E-state index contributed by atoms with van der Waals surface area (Å²) in [5, 5.41) is 3.29. The molecule has 1 rings (SSSR count). The van der Waals surface area contributed by atoms with Crippen LogP contribution in [-0.2, 0) is 4.74 Å². The lowest BCUT2D eigenvalue weighted by molar-refractivity contribution is -0.125. The van der Waals surface area contributed by atoms with E-state index < -0.39 is 0 Å². The molecule has 0 amide bonds. The topological polar surface area (TPSA) is 47.3 Å². The van der Waals surface area contributed by atoms with Crippen LogP contribution in [0.1, 0.15) is 13.3 Å². The van der Waals surface area contributed by atoms with Crippen LogP contribution < -0.4 is 11.1 Å². The Balaban J connectivity index is 2.51. The molecule has 3 nitrogen and oxygen atoms in total. The van der Waals surface area contributed by atoms with E-state index in [1.165, 1.54) is 0 Å². The summed E-state index contributed by atoms with van der Waals surface area (Å²) in [6.45, 7) is 4.55. The molecule has 0 saturated carbocycles.